The maximum atomic E-state index is 12.8. The van der Waals surface area contributed by atoms with Crippen molar-refractivity contribution in [2.24, 2.45) is 5.41 Å². The first kappa shape index (κ1) is 18.3. The number of hydrogen-bond donors (Lipinski definition) is 1. The third kappa shape index (κ3) is 2.81. The Morgan fingerprint density at radius 3 is 3.00 bits per heavy atom. The number of aromatic nitrogens is 4. The number of nitrogens with zero attached hydrogens (tertiary/aromatic N) is 5. The van der Waals surface area contributed by atoms with Gasteiger partial charge in [0.05, 0.1) is 30.7 Å². The van der Waals surface area contributed by atoms with Gasteiger partial charge in [0.25, 0.3) is 0 Å². The van der Waals surface area contributed by atoms with Gasteiger partial charge < -0.3 is 10.5 Å². The molecule has 144 valence electrons. The summed E-state index contributed by atoms with van der Waals surface area (Å²) in [5, 5.41) is 14.1. The number of anilines is 1. The number of ether oxygens (including phenoxy) is 1. The lowest BCUT2D eigenvalue weighted by Gasteiger charge is -2.34. The zero-order valence-corrected chi connectivity index (χ0v) is 15.9. The molecule has 0 aliphatic carbocycles. The Labute approximate surface area is 155 Å². The van der Waals surface area contributed by atoms with E-state index in [0.29, 0.717) is 11.3 Å². The van der Waals surface area contributed by atoms with Gasteiger partial charge in [-0.3, -0.25) is 13.6 Å². The summed E-state index contributed by atoms with van der Waals surface area (Å²) < 4.78 is 36.6. The van der Waals surface area contributed by atoms with Crippen molar-refractivity contribution >= 4 is 19.3 Å². The molecule has 27 heavy (non-hydrogen) atoms. The van der Waals surface area contributed by atoms with Crippen molar-refractivity contribution in [3.05, 3.63) is 18.2 Å². The van der Waals surface area contributed by atoms with E-state index in [-0.39, 0.29) is 18.5 Å². The molecule has 2 aromatic rings. The number of hydrogen-bond acceptors (Lipinski definition) is 10. The zero-order valence-electron chi connectivity index (χ0n) is 15.0. The summed E-state index contributed by atoms with van der Waals surface area (Å²) in [6.45, 7) is 5.10. The second-order valence-corrected chi connectivity index (χ2v) is 8.51. The Morgan fingerprint density at radius 1 is 1.52 bits per heavy atom. The van der Waals surface area contributed by atoms with Crippen LogP contribution in [0.1, 0.15) is 32.6 Å². The summed E-state index contributed by atoms with van der Waals surface area (Å²) in [5.41, 5.74) is 5.52. The number of phosphoric ester groups is 1. The topological polar surface area (TPSA) is 147 Å². The number of rotatable bonds is 3. The lowest BCUT2D eigenvalue weighted by molar-refractivity contribution is -0.0640. The first-order chi connectivity index (χ1) is 12.8. The van der Waals surface area contributed by atoms with Gasteiger partial charge in [-0.05, 0) is 20.8 Å². The smallest absolute Gasteiger partial charge is 0.381 e. The molecule has 2 aliphatic rings. The van der Waals surface area contributed by atoms with E-state index in [0.717, 1.165) is 0 Å². The molecule has 2 aromatic heterocycles. The van der Waals surface area contributed by atoms with Crippen LogP contribution < -0.4 is 5.73 Å². The van der Waals surface area contributed by atoms with E-state index in [4.69, 9.17) is 24.0 Å². The zero-order chi connectivity index (χ0) is 19.4. The number of nitriles is 1. The van der Waals surface area contributed by atoms with Crippen LogP contribution in [0.15, 0.2) is 12.5 Å². The van der Waals surface area contributed by atoms with E-state index in [1.807, 2.05) is 0 Å². The van der Waals surface area contributed by atoms with Gasteiger partial charge in [0.1, 0.15) is 30.1 Å². The Balaban J connectivity index is 1.73. The highest BCUT2D eigenvalue weighted by molar-refractivity contribution is 7.48. The van der Waals surface area contributed by atoms with E-state index in [9.17, 15) is 9.83 Å². The van der Waals surface area contributed by atoms with Crippen LogP contribution in [-0.2, 0) is 22.9 Å². The molecule has 2 fully saturated rings. The number of nitrogen functional groups attached to an aromatic ring is 1. The molecule has 0 bridgehead atoms. The average Bonchev–Trinajstić information content (AvgIpc) is 3.15. The van der Waals surface area contributed by atoms with E-state index < -0.39 is 31.5 Å². The molecule has 0 saturated carbocycles. The van der Waals surface area contributed by atoms with Gasteiger partial charge in [0, 0.05) is 0 Å². The number of fused-ring (bicyclic) bond motifs is 2. The fourth-order valence-electron chi connectivity index (χ4n) is 3.40. The van der Waals surface area contributed by atoms with E-state index >= 15 is 0 Å². The second kappa shape index (κ2) is 6.22. The molecule has 5 atom stereocenters. The van der Waals surface area contributed by atoms with Crippen LogP contribution in [0.2, 0.25) is 0 Å². The Hall–Kier alpha value is -2.09. The van der Waals surface area contributed by atoms with Crippen molar-refractivity contribution in [2.45, 2.75) is 45.2 Å². The Bertz CT molecular complexity index is 973. The largest absolute Gasteiger partial charge is 0.475 e. The van der Waals surface area contributed by atoms with Crippen molar-refractivity contribution in [1.82, 2.24) is 19.6 Å². The molecule has 2 saturated heterocycles. The average molecular weight is 394 g/mol. The van der Waals surface area contributed by atoms with Gasteiger partial charge in [-0.2, -0.15) is 10.4 Å². The van der Waals surface area contributed by atoms with E-state index in [1.165, 1.54) is 17.0 Å². The predicted octanol–water partition coefficient (Wildman–Crippen LogP) is 1.62. The molecule has 12 heteroatoms. The number of imidazole rings is 1. The van der Waals surface area contributed by atoms with Crippen molar-refractivity contribution in [3.8, 4) is 6.07 Å². The molecule has 0 amide bonds. The highest BCUT2D eigenvalue weighted by atomic mass is 31.2. The van der Waals surface area contributed by atoms with Gasteiger partial charge in [0.15, 0.2) is 11.5 Å². The van der Waals surface area contributed by atoms with Crippen LogP contribution in [0.4, 0.5) is 5.82 Å². The molecule has 0 unspecified atom stereocenters. The van der Waals surface area contributed by atoms with Crippen molar-refractivity contribution < 1.29 is 22.9 Å². The van der Waals surface area contributed by atoms with E-state index in [2.05, 4.69) is 21.1 Å². The number of nitrogens with two attached hydrogens (primary N) is 1. The maximum Gasteiger partial charge on any atom is 0.475 e. The molecule has 4 rings (SSSR count). The molecular weight excluding hydrogens is 375 g/mol. The first-order valence-corrected chi connectivity index (χ1v) is 9.85. The van der Waals surface area contributed by atoms with Gasteiger partial charge in [0.2, 0.25) is 0 Å². The molecule has 4 heterocycles. The van der Waals surface area contributed by atoms with Gasteiger partial charge >= 0.3 is 7.82 Å². The summed E-state index contributed by atoms with van der Waals surface area (Å²) in [6, 6.07) is 2.25. The summed E-state index contributed by atoms with van der Waals surface area (Å²) >= 11 is 0. The summed E-state index contributed by atoms with van der Waals surface area (Å²) in [4.78, 5) is 8.12. The maximum absolute atomic E-state index is 12.8. The third-order valence-electron chi connectivity index (χ3n) is 4.63. The minimum atomic E-state index is -3.79. The molecular formula is C15H19N6O5P. The lowest BCUT2D eigenvalue weighted by atomic mass is 9.80. The summed E-state index contributed by atoms with van der Waals surface area (Å²) in [5.74, 6) is 0.208. The van der Waals surface area contributed by atoms with Gasteiger partial charge in [-0.25, -0.2) is 19.0 Å². The summed E-state index contributed by atoms with van der Waals surface area (Å²) in [7, 11) is -3.79. The fourth-order valence-corrected chi connectivity index (χ4v) is 5.06. The van der Waals surface area contributed by atoms with Crippen LogP contribution in [0.3, 0.4) is 0 Å². The van der Waals surface area contributed by atoms with Gasteiger partial charge in [-0.1, -0.05) is 0 Å². The molecule has 2 aliphatic heterocycles. The minimum Gasteiger partial charge on any atom is -0.381 e. The SMILES string of the molecule is CC(C)O[P@@]1(=O)OC[C@H]2O[C@@H](c3cnc4c(N)ncnn34)[C@](C)(C#N)[C@@H]2O1. The van der Waals surface area contributed by atoms with Gasteiger partial charge in [-0.15, -0.1) is 0 Å². The molecule has 0 aromatic carbocycles. The fraction of sp³-hybridized carbons (Fsp3) is 0.600. The monoisotopic (exact) mass is 394 g/mol. The van der Waals surface area contributed by atoms with Crippen LogP contribution in [0.5, 0.6) is 0 Å². The predicted molar refractivity (Wildman–Crippen MR) is 91.2 cm³/mol. The quantitative estimate of drug-likeness (QED) is 0.762. The van der Waals surface area contributed by atoms with Crippen LogP contribution in [-0.4, -0.2) is 44.5 Å². The highest BCUT2D eigenvalue weighted by Crippen LogP contribution is 2.62. The minimum absolute atomic E-state index is 0.0176. The molecule has 2 N–H and O–H groups in total. The second-order valence-electron chi connectivity index (χ2n) is 6.94. The normalized spacial score (nSPS) is 36.0. The van der Waals surface area contributed by atoms with Crippen molar-refractivity contribution in [1.29, 1.82) is 5.26 Å². The molecule has 0 spiro atoms. The Morgan fingerprint density at radius 2 is 2.30 bits per heavy atom. The molecule has 11 nitrogen and oxygen atoms in total. The first-order valence-electron chi connectivity index (χ1n) is 8.39. The standard InChI is InChI=1S/C15H19N6O5P/c1-8(2)25-27(22)23-5-10-12(26-27)15(3,6-16)11(24-10)9-4-18-14-13(17)19-7-20-21(9)14/h4,7-8,10-12H,5H2,1-3H3,(H2,17,19,20)/t10-,11+,12-,15+,27-/m1/s1. The van der Waals surface area contributed by atoms with Crippen LogP contribution in [0, 0.1) is 16.7 Å². The van der Waals surface area contributed by atoms with Crippen molar-refractivity contribution in [2.75, 3.05) is 12.3 Å². The lowest BCUT2D eigenvalue weighted by Crippen LogP contribution is -2.42. The van der Waals surface area contributed by atoms with E-state index in [1.54, 1.807) is 20.8 Å². The highest BCUT2D eigenvalue weighted by Gasteiger charge is 2.61. The number of phosphoric acid groups is 1. The Kier molecular flexibility index (Phi) is 4.21. The summed E-state index contributed by atoms with van der Waals surface area (Å²) in [6.07, 6.45) is 0.304. The van der Waals surface area contributed by atoms with Crippen molar-refractivity contribution in [3.63, 3.8) is 0 Å². The van der Waals surface area contributed by atoms with Crippen LogP contribution >= 0.6 is 7.82 Å². The molecule has 0 radical (unpaired) electrons. The van der Waals surface area contributed by atoms with Crippen LogP contribution in [0.25, 0.3) is 5.65 Å². The third-order valence-corrected chi connectivity index (χ3v) is 6.26.